The second-order valence-electron chi connectivity index (χ2n) is 4.45. The van der Waals surface area contributed by atoms with Gasteiger partial charge in [-0.3, -0.25) is 4.79 Å². The smallest absolute Gasteiger partial charge is 0.253 e. The van der Waals surface area contributed by atoms with Crippen LogP contribution in [0, 0.1) is 5.82 Å². The average molecular weight is 298 g/mol. The van der Waals surface area contributed by atoms with Crippen molar-refractivity contribution in [2.45, 2.75) is 13.3 Å². The molecule has 118 valence electrons. The summed E-state index contributed by atoms with van der Waals surface area (Å²) in [5.74, 6) is -0.740. The fourth-order valence-corrected chi connectivity index (χ4v) is 1.72. The topological polar surface area (TPSA) is 59.6 Å². The van der Waals surface area contributed by atoms with E-state index in [9.17, 15) is 9.18 Å². The second kappa shape index (κ2) is 10.1. The van der Waals surface area contributed by atoms with Gasteiger partial charge >= 0.3 is 0 Å². The highest BCUT2D eigenvalue weighted by molar-refractivity contribution is 5.99. The maximum Gasteiger partial charge on any atom is 0.253 e. The Morgan fingerprint density at radius 3 is 2.76 bits per heavy atom. The van der Waals surface area contributed by atoms with Crippen LogP contribution in [-0.2, 0) is 9.47 Å². The summed E-state index contributed by atoms with van der Waals surface area (Å²) in [5, 5.41) is 5.66. The zero-order valence-corrected chi connectivity index (χ0v) is 12.6. The van der Waals surface area contributed by atoms with E-state index in [1.165, 1.54) is 12.1 Å². The number of nitrogens with one attached hydrogen (secondary N) is 2. The average Bonchev–Trinajstić information content (AvgIpc) is 2.49. The standard InChI is InChI=1S/C15H23FN2O3/c1-3-7-17-14-12(5-4-6-13(14)16)15(19)18-8-9-21-11-10-20-2/h4-6,17H,3,7-11H2,1-2H3,(H,18,19). The number of carbonyl (C=O) groups excluding carboxylic acids is 1. The normalized spacial score (nSPS) is 10.4. The first-order chi connectivity index (χ1) is 10.2. The lowest BCUT2D eigenvalue weighted by molar-refractivity contribution is 0.0693. The molecule has 0 aliphatic rings. The fourth-order valence-electron chi connectivity index (χ4n) is 1.72. The molecule has 0 saturated heterocycles. The predicted molar refractivity (Wildman–Crippen MR) is 80.2 cm³/mol. The largest absolute Gasteiger partial charge is 0.382 e. The lowest BCUT2D eigenvalue weighted by Gasteiger charge is -2.12. The quantitative estimate of drug-likeness (QED) is 0.649. The molecule has 0 aliphatic heterocycles. The Labute approximate surface area is 124 Å². The van der Waals surface area contributed by atoms with Crippen LogP contribution in [0.2, 0.25) is 0 Å². The van der Waals surface area contributed by atoms with Gasteiger partial charge in [-0.2, -0.15) is 0 Å². The van der Waals surface area contributed by atoms with E-state index in [-0.39, 0.29) is 11.6 Å². The highest BCUT2D eigenvalue weighted by Gasteiger charge is 2.14. The highest BCUT2D eigenvalue weighted by Crippen LogP contribution is 2.19. The molecule has 1 rings (SSSR count). The first-order valence-electron chi connectivity index (χ1n) is 7.08. The Kier molecular flexibility index (Phi) is 8.38. The molecule has 6 heteroatoms. The van der Waals surface area contributed by atoms with Crippen LogP contribution in [0.4, 0.5) is 10.1 Å². The van der Waals surface area contributed by atoms with Crippen molar-refractivity contribution in [3.63, 3.8) is 0 Å². The molecular weight excluding hydrogens is 275 g/mol. The SMILES string of the molecule is CCCNc1c(F)cccc1C(=O)NCCOCCOC. The number of anilines is 1. The lowest BCUT2D eigenvalue weighted by Crippen LogP contribution is -2.28. The van der Waals surface area contributed by atoms with Crippen LogP contribution < -0.4 is 10.6 Å². The predicted octanol–water partition coefficient (Wildman–Crippen LogP) is 2.04. The molecule has 5 nitrogen and oxygen atoms in total. The van der Waals surface area contributed by atoms with Crippen LogP contribution in [0.25, 0.3) is 0 Å². The molecule has 0 aliphatic carbocycles. The third-order valence-electron chi connectivity index (χ3n) is 2.77. The molecule has 0 aromatic heterocycles. The Morgan fingerprint density at radius 2 is 2.05 bits per heavy atom. The van der Waals surface area contributed by atoms with Crippen LogP contribution in [0.5, 0.6) is 0 Å². The van der Waals surface area contributed by atoms with E-state index in [1.807, 2.05) is 6.92 Å². The van der Waals surface area contributed by atoms with E-state index in [1.54, 1.807) is 13.2 Å². The van der Waals surface area contributed by atoms with Crippen molar-refractivity contribution < 1.29 is 18.7 Å². The zero-order chi connectivity index (χ0) is 15.5. The van der Waals surface area contributed by atoms with E-state index >= 15 is 0 Å². The van der Waals surface area contributed by atoms with Crippen LogP contribution in [0.1, 0.15) is 23.7 Å². The number of methoxy groups -OCH3 is 1. The second-order valence-corrected chi connectivity index (χ2v) is 4.45. The molecule has 0 bridgehead atoms. The van der Waals surface area contributed by atoms with E-state index in [0.29, 0.717) is 38.5 Å². The molecule has 0 saturated carbocycles. The Bertz CT molecular complexity index is 441. The van der Waals surface area contributed by atoms with Gasteiger partial charge in [-0.05, 0) is 18.6 Å². The first-order valence-corrected chi connectivity index (χ1v) is 7.08. The summed E-state index contributed by atoms with van der Waals surface area (Å²) in [4.78, 5) is 12.1. The maximum absolute atomic E-state index is 13.8. The van der Waals surface area contributed by atoms with Gasteiger partial charge in [-0.15, -0.1) is 0 Å². The number of amides is 1. The monoisotopic (exact) mass is 298 g/mol. The Balaban J connectivity index is 2.51. The fraction of sp³-hybridized carbons (Fsp3) is 0.533. The van der Waals surface area contributed by atoms with Crippen molar-refractivity contribution >= 4 is 11.6 Å². The molecule has 0 heterocycles. The number of hydrogen-bond donors (Lipinski definition) is 2. The van der Waals surface area contributed by atoms with E-state index in [4.69, 9.17) is 9.47 Å². The third-order valence-corrected chi connectivity index (χ3v) is 2.77. The van der Waals surface area contributed by atoms with Gasteiger partial charge in [0.1, 0.15) is 5.82 Å². The summed E-state index contributed by atoms with van der Waals surface area (Å²) in [5.41, 5.74) is 0.553. The number of rotatable bonds is 10. The number of para-hydroxylation sites is 1. The molecule has 1 aromatic rings. The molecule has 21 heavy (non-hydrogen) atoms. The summed E-state index contributed by atoms with van der Waals surface area (Å²) in [6.07, 6.45) is 0.850. The maximum atomic E-state index is 13.8. The molecule has 0 unspecified atom stereocenters. The number of halogens is 1. The van der Waals surface area contributed by atoms with Gasteiger partial charge in [0, 0.05) is 20.2 Å². The first kappa shape index (κ1) is 17.4. The van der Waals surface area contributed by atoms with E-state index in [2.05, 4.69) is 10.6 Å². The van der Waals surface area contributed by atoms with Gasteiger partial charge in [0.2, 0.25) is 0 Å². The summed E-state index contributed by atoms with van der Waals surface area (Å²) in [6.45, 7) is 4.35. The van der Waals surface area contributed by atoms with Gasteiger partial charge in [-0.25, -0.2) is 4.39 Å². The molecule has 0 fully saturated rings. The summed E-state index contributed by atoms with van der Waals surface area (Å²) < 4.78 is 23.9. The number of hydrogen-bond acceptors (Lipinski definition) is 4. The van der Waals surface area contributed by atoms with Crippen molar-refractivity contribution in [3.05, 3.63) is 29.6 Å². The van der Waals surface area contributed by atoms with Crippen molar-refractivity contribution in [2.75, 3.05) is 45.3 Å². The van der Waals surface area contributed by atoms with Crippen molar-refractivity contribution in [3.8, 4) is 0 Å². The molecule has 1 aromatic carbocycles. The summed E-state index contributed by atoms with van der Waals surface area (Å²) in [7, 11) is 1.60. The van der Waals surface area contributed by atoms with Gasteiger partial charge in [0.05, 0.1) is 31.1 Å². The molecule has 2 N–H and O–H groups in total. The minimum absolute atomic E-state index is 0.247. The molecule has 0 radical (unpaired) electrons. The molecule has 0 atom stereocenters. The van der Waals surface area contributed by atoms with Crippen molar-refractivity contribution in [1.82, 2.24) is 5.32 Å². The van der Waals surface area contributed by atoms with Crippen LogP contribution >= 0.6 is 0 Å². The lowest BCUT2D eigenvalue weighted by atomic mass is 10.1. The molecule has 1 amide bonds. The van der Waals surface area contributed by atoms with Crippen LogP contribution in [0.15, 0.2) is 18.2 Å². The van der Waals surface area contributed by atoms with E-state index in [0.717, 1.165) is 6.42 Å². The van der Waals surface area contributed by atoms with Crippen LogP contribution in [-0.4, -0.2) is 45.9 Å². The number of ether oxygens (including phenoxy) is 2. The summed E-state index contributed by atoms with van der Waals surface area (Å²) in [6, 6.07) is 4.46. The number of carbonyl (C=O) groups is 1. The molecular formula is C15H23FN2O3. The summed E-state index contributed by atoms with van der Waals surface area (Å²) >= 11 is 0. The minimum atomic E-state index is -0.424. The van der Waals surface area contributed by atoms with Gasteiger partial charge < -0.3 is 20.1 Å². The number of benzene rings is 1. The third kappa shape index (κ3) is 6.10. The minimum Gasteiger partial charge on any atom is -0.382 e. The Hall–Kier alpha value is -1.66. The van der Waals surface area contributed by atoms with Gasteiger partial charge in [-0.1, -0.05) is 13.0 Å². The van der Waals surface area contributed by atoms with Crippen molar-refractivity contribution in [1.29, 1.82) is 0 Å². The van der Waals surface area contributed by atoms with Crippen LogP contribution in [0.3, 0.4) is 0 Å². The van der Waals surface area contributed by atoms with Gasteiger partial charge in [0.15, 0.2) is 0 Å². The Morgan fingerprint density at radius 1 is 1.24 bits per heavy atom. The van der Waals surface area contributed by atoms with Crippen molar-refractivity contribution in [2.24, 2.45) is 0 Å². The van der Waals surface area contributed by atoms with E-state index < -0.39 is 5.82 Å². The van der Waals surface area contributed by atoms with Gasteiger partial charge in [0.25, 0.3) is 5.91 Å². The zero-order valence-electron chi connectivity index (χ0n) is 12.6. The highest BCUT2D eigenvalue weighted by atomic mass is 19.1. The molecule has 0 spiro atoms.